The molecule has 1 aromatic carbocycles. The van der Waals surface area contributed by atoms with Crippen molar-refractivity contribution in [1.82, 2.24) is 4.98 Å². The number of nitrogens with one attached hydrogen (secondary N) is 1. The molecule has 0 saturated carbocycles. The highest BCUT2D eigenvalue weighted by Crippen LogP contribution is 2.19. The summed E-state index contributed by atoms with van der Waals surface area (Å²) < 4.78 is 0. The molecule has 2 rings (SSSR count). The van der Waals surface area contributed by atoms with Crippen molar-refractivity contribution < 1.29 is 5.21 Å². The number of pyridine rings is 1. The van der Waals surface area contributed by atoms with E-state index in [1.165, 1.54) is 0 Å². The zero-order valence-corrected chi connectivity index (χ0v) is 9.61. The zero-order chi connectivity index (χ0) is 12.6. The third-order valence-corrected chi connectivity index (χ3v) is 2.83. The van der Waals surface area contributed by atoms with Gasteiger partial charge in [-0.1, -0.05) is 17.3 Å². The quantitative estimate of drug-likeness (QED) is 0.298. The van der Waals surface area contributed by atoms with Crippen LogP contribution in [0.4, 0.5) is 0 Å². The van der Waals surface area contributed by atoms with Crippen LogP contribution in [0.1, 0.15) is 16.7 Å². The van der Waals surface area contributed by atoms with Crippen LogP contribution in [-0.2, 0) is 0 Å². The summed E-state index contributed by atoms with van der Waals surface area (Å²) in [5.41, 5.74) is 8.05. The minimum Gasteiger partial charge on any atom is -0.409 e. The molecule has 5 heteroatoms. The number of aryl methyl sites for hydroxylation is 2. The second kappa shape index (κ2) is 3.93. The van der Waals surface area contributed by atoms with Crippen molar-refractivity contribution in [3.8, 4) is 0 Å². The van der Waals surface area contributed by atoms with Crippen LogP contribution in [0.3, 0.4) is 0 Å². The molecular formula is C12H13N3O2. The predicted molar refractivity (Wildman–Crippen MR) is 66.6 cm³/mol. The molecule has 0 aliphatic rings. The average Bonchev–Trinajstić information content (AvgIpc) is 2.32. The molecule has 88 valence electrons. The highest BCUT2D eigenvalue weighted by atomic mass is 16.4. The first kappa shape index (κ1) is 11.2. The van der Waals surface area contributed by atoms with Gasteiger partial charge in [0.1, 0.15) is 0 Å². The molecule has 0 spiro atoms. The van der Waals surface area contributed by atoms with E-state index >= 15 is 0 Å². The van der Waals surface area contributed by atoms with Crippen molar-refractivity contribution in [3.63, 3.8) is 0 Å². The summed E-state index contributed by atoms with van der Waals surface area (Å²) in [6.07, 6.45) is 0. The van der Waals surface area contributed by atoms with Crippen LogP contribution in [0.2, 0.25) is 0 Å². The monoisotopic (exact) mass is 231 g/mol. The molecule has 5 nitrogen and oxygen atoms in total. The molecule has 0 bridgehead atoms. The first-order valence-electron chi connectivity index (χ1n) is 5.15. The third kappa shape index (κ3) is 1.75. The Kier molecular flexibility index (Phi) is 2.59. The number of aromatic nitrogens is 1. The minimum atomic E-state index is -0.360. The van der Waals surface area contributed by atoms with Crippen molar-refractivity contribution in [2.75, 3.05) is 0 Å². The SMILES string of the molecule is Cc1ccc(C)c2[nH]c(=O)c(/C(N)=N\O)cc12. The van der Waals surface area contributed by atoms with Crippen LogP contribution < -0.4 is 11.3 Å². The molecule has 0 aliphatic carbocycles. The Morgan fingerprint density at radius 3 is 2.65 bits per heavy atom. The van der Waals surface area contributed by atoms with Crippen LogP contribution in [0.25, 0.3) is 10.9 Å². The summed E-state index contributed by atoms with van der Waals surface area (Å²) >= 11 is 0. The van der Waals surface area contributed by atoms with Crippen LogP contribution in [-0.4, -0.2) is 16.0 Å². The number of rotatable bonds is 1. The van der Waals surface area contributed by atoms with Gasteiger partial charge in [-0.25, -0.2) is 0 Å². The van der Waals surface area contributed by atoms with Gasteiger partial charge in [0.2, 0.25) is 0 Å². The topological polar surface area (TPSA) is 91.5 Å². The number of aromatic amines is 1. The van der Waals surface area contributed by atoms with Crippen LogP contribution in [0.15, 0.2) is 28.1 Å². The largest absolute Gasteiger partial charge is 0.409 e. The average molecular weight is 231 g/mol. The summed E-state index contributed by atoms with van der Waals surface area (Å²) in [7, 11) is 0. The van der Waals surface area contributed by atoms with E-state index in [4.69, 9.17) is 10.9 Å². The Hall–Kier alpha value is -2.30. The molecular weight excluding hydrogens is 218 g/mol. The summed E-state index contributed by atoms with van der Waals surface area (Å²) in [5, 5.41) is 12.4. The molecule has 0 fully saturated rings. The lowest BCUT2D eigenvalue weighted by Crippen LogP contribution is -2.24. The van der Waals surface area contributed by atoms with Gasteiger partial charge < -0.3 is 15.9 Å². The van der Waals surface area contributed by atoms with Gasteiger partial charge in [-0.3, -0.25) is 4.79 Å². The van der Waals surface area contributed by atoms with Gasteiger partial charge in [0.25, 0.3) is 5.56 Å². The number of oxime groups is 1. The first-order chi connectivity index (χ1) is 8.04. The van der Waals surface area contributed by atoms with E-state index in [1.807, 2.05) is 26.0 Å². The lowest BCUT2D eigenvalue weighted by Gasteiger charge is -2.07. The lowest BCUT2D eigenvalue weighted by atomic mass is 10.0. The van der Waals surface area contributed by atoms with Crippen LogP contribution in [0, 0.1) is 13.8 Å². The van der Waals surface area contributed by atoms with E-state index in [0.29, 0.717) is 0 Å². The van der Waals surface area contributed by atoms with Crippen molar-refractivity contribution >= 4 is 16.7 Å². The fourth-order valence-electron chi connectivity index (χ4n) is 1.82. The second-order valence-corrected chi connectivity index (χ2v) is 3.99. The molecule has 4 N–H and O–H groups in total. The summed E-state index contributed by atoms with van der Waals surface area (Å²) in [5.74, 6) is -0.186. The molecule has 0 atom stereocenters. The number of amidine groups is 1. The van der Waals surface area contributed by atoms with Crippen molar-refractivity contribution in [2.24, 2.45) is 10.9 Å². The number of hydrogen-bond acceptors (Lipinski definition) is 3. The fraction of sp³-hybridized carbons (Fsp3) is 0.167. The second-order valence-electron chi connectivity index (χ2n) is 3.99. The van der Waals surface area contributed by atoms with Gasteiger partial charge in [0, 0.05) is 5.39 Å². The zero-order valence-electron chi connectivity index (χ0n) is 9.61. The molecule has 0 unspecified atom stereocenters. The molecule has 2 aromatic rings. The molecule has 0 amide bonds. The number of benzene rings is 1. The highest BCUT2D eigenvalue weighted by Gasteiger charge is 2.09. The summed E-state index contributed by atoms with van der Waals surface area (Å²) in [4.78, 5) is 14.5. The fourth-order valence-corrected chi connectivity index (χ4v) is 1.82. The normalized spacial score (nSPS) is 12.0. The smallest absolute Gasteiger partial charge is 0.259 e. The highest BCUT2D eigenvalue weighted by molar-refractivity contribution is 6.00. The van der Waals surface area contributed by atoms with Gasteiger partial charge in [-0.15, -0.1) is 0 Å². The van der Waals surface area contributed by atoms with Gasteiger partial charge in [-0.05, 0) is 31.0 Å². The van der Waals surface area contributed by atoms with Crippen LogP contribution in [0.5, 0.6) is 0 Å². The van der Waals surface area contributed by atoms with E-state index in [2.05, 4.69) is 10.1 Å². The van der Waals surface area contributed by atoms with E-state index < -0.39 is 0 Å². The van der Waals surface area contributed by atoms with Crippen molar-refractivity contribution in [2.45, 2.75) is 13.8 Å². The molecule has 17 heavy (non-hydrogen) atoms. The van der Waals surface area contributed by atoms with Gasteiger partial charge in [0.05, 0.1) is 11.1 Å². The molecule has 0 radical (unpaired) electrons. The predicted octanol–water partition coefficient (Wildman–Crippen LogP) is 1.24. The Morgan fingerprint density at radius 2 is 2.00 bits per heavy atom. The Labute approximate surface area is 97.6 Å². The standard InChI is InChI=1S/C12H13N3O2/c1-6-3-4-7(2)10-8(6)5-9(11(13)15-17)12(16)14-10/h3-5,17H,1-2H3,(H2,13,15)(H,14,16). The molecule has 1 aromatic heterocycles. The first-order valence-corrected chi connectivity index (χ1v) is 5.15. The minimum absolute atomic E-state index is 0.175. The van der Waals surface area contributed by atoms with Crippen molar-refractivity contribution in [1.29, 1.82) is 0 Å². The maximum absolute atomic E-state index is 11.8. The third-order valence-electron chi connectivity index (χ3n) is 2.83. The van der Waals surface area contributed by atoms with E-state index in [1.54, 1.807) is 6.07 Å². The number of fused-ring (bicyclic) bond motifs is 1. The lowest BCUT2D eigenvalue weighted by molar-refractivity contribution is 0.318. The van der Waals surface area contributed by atoms with Gasteiger partial charge >= 0.3 is 0 Å². The Bertz CT molecular complexity index is 671. The number of H-pyrrole nitrogens is 1. The summed E-state index contributed by atoms with van der Waals surface area (Å²) in [6, 6.07) is 5.55. The maximum Gasteiger partial charge on any atom is 0.259 e. The molecule has 0 saturated heterocycles. The van der Waals surface area contributed by atoms with Crippen molar-refractivity contribution in [3.05, 3.63) is 45.2 Å². The number of hydrogen-bond donors (Lipinski definition) is 3. The molecule has 0 aliphatic heterocycles. The van der Waals surface area contributed by atoms with E-state index in [0.717, 1.165) is 22.0 Å². The molecule has 1 heterocycles. The Balaban J connectivity index is 2.90. The van der Waals surface area contributed by atoms with Gasteiger partial charge in [-0.2, -0.15) is 0 Å². The number of nitrogens with zero attached hydrogens (tertiary/aromatic N) is 1. The van der Waals surface area contributed by atoms with E-state index in [-0.39, 0.29) is 17.0 Å². The number of nitrogens with two attached hydrogens (primary N) is 1. The Morgan fingerprint density at radius 1 is 1.35 bits per heavy atom. The maximum atomic E-state index is 11.8. The van der Waals surface area contributed by atoms with E-state index in [9.17, 15) is 4.79 Å². The van der Waals surface area contributed by atoms with Crippen LogP contribution >= 0.6 is 0 Å². The van der Waals surface area contributed by atoms with Gasteiger partial charge in [0.15, 0.2) is 5.84 Å². The summed E-state index contributed by atoms with van der Waals surface area (Å²) in [6.45, 7) is 3.86.